The van der Waals surface area contributed by atoms with Gasteiger partial charge in [0.15, 0.2) is 12.6 Å². The standard InChI is InChI=1S/C33H55N5O18/c1-18-26(46)28(48)30(50)32(54-18)52-12-10-35-21(41)15-37(16-22(42)36-11-13-53-33-31(51)29(49)27(47)19(17-39)55-33)14-20(40)34-9-4-2-3-8-25(45)56-38-23(43)6-5-7-24(38)44/h18-19,26-33,39,46-51H,2-17H2,1H3,(H,34,40)(H,35,41)(H,36,42)/t18-,19+,26+,27+,28+,29-,30-,31-,32+,33+/m0/s1. The zero-order valence-corrected chi connectivity index (χ0v) is 31.1. The summed E-state index contributed by atoms with van der Waals surface area (Å²) >= 11 is 0. The van der Waals surface area contributed by atoms with Crippen molar-refractivity contribution in [2.24, 2.45) is 0 Å². The van der Waals surface area contributed by atoms with Crippen LogP contribution in [0.3, 0.4) is 0 Å². The molecule has 0 unspecified atom stereocenters. The summed E-state index contributed by atoms with van der Waals surface area (Å²) < 4.78 is 21.3. The molecule has 0 radical (unpaired) electrons. The van der Waals surface area contributed by atoms with Crippen molar-refractivity contribution in [1.29, 1.82) is 0 Å². The van der Waals surface area contributed by atoms with Crippen LogP contribution in [-0.4, -0.2) is 202 Å². The minimum absolute atomic E-state index is 0.0555. The lowest BCUT2D eigenvalue weighted by Crippen LogP contribution is -2.59. The molecule has 320 valence electrons. The molecule has 3 rings (SSSR count). The highest BCUT2D eigenvalue weighted by molar-refractivity contribution is 5.97. The van der Waals surface area contributed by atoms with Crippen molar-refractivity contribution in [3.8, 4) is 0 Å². The van der Waals surface area contributed by atoms with Crippen LogP contribution in [0.1, 0.15) is 51.9 Å². The summed E-state index contributed by atoms with van der Waals surface area (Å²) in [6, 6.07) is 0. The second kappa shape index (κ2) is 23.7. The van der Waals surface area contributed by atoms with Gasteiger partial charge < -0.3 is 75.5 Å². The zero-order valence-electron chi connectivity index (χ0n) is 31.1. The fourth-order valence-corrected chi connectivity index (χ4v) is 5.81. The molecule has 0 aromatic heterocycles. The number of nitrogens with zero attached hydrogens (tertiary/aromatic N) is 2. The number of nitrogens with one attached hydrogen (secondary N) is 3. The lowest BCUT2D eigenvalue weighted by atomic mass is 9.99. The number of amides is 5. The molecule has 0 saturated carbocycles. The minimum Gasteiger partial charge on any atom is -0.394 e. The van der Waals surface area contributed by atoms with Crippen molar-refractivity contribution >= 4 is 35.5 Å². The van der Waals surface area contributed by atoms with Crippen molar-refractivity contribution in [3.63, 3.8) is 0 Å². The van der Waals surface area contributed by atoms with Crippen LogP contribution in [0.15, 0.2) is 0 Å². The third-order valence-electron chi connectivity index (χ3n) is 8.98. The first-order chi connectivity index (χ1) is 26.6. The quantitative estimate of drug-likeness (QED) is 0.0359. The average molecular weight is 810 g/mol. The Morgan fingerprint density at radius 3 is 1.73 bits per heavy atom. The van der Waals surface area contributed by atoms with E-state index in [4.69, 9.17) is 23.8 Å². The smallest absolute Gasteiger partial charge is 0.333 e. The molecule has 3 aliphatic heterocycles. The van der Waals surface area contributed by atoms with E-state index in [-0.39, 0.29) is 58.7 Å². The van der Waals surface area contributed by atoms with Gasteiger partial charge in [-0.1, -0.05) is 6.42 Å². The highest BCUT2D eigenvalue weighted by atomic mass is 16.7. The number of imide groups is 1. The molecule has 3 heterocycles. The van der Waals surface area contributed by atoms with E-state index in [1.54, 1.807) is 0 Å². The first-order valence-corrected chi connectivity index (χ1v) is 18.4. The first kappa shape index (κ1) is 46.9. The number of ether oxygens (including phenoxy) is 4. The molecule has 10 N–H and O–H groups in total. The minimum atomic E-state index is -1.65. The molecule has 10 atom stereocenters. The Bertz CT molecular complexity index is 1290. The number of carbonyl (C=O) groups excluding carboxylic acids is 6. The molecule has 23 nitrogen and oxygen atoms in total. The van der Waals surface area contributed by atoms with Gasteiger partial charge in [-0.3, -0.25) is 28.9 Å². The lowest BCUT2D eigenvalue weighted by molar-refractivity contribution is -0.300. The Kier molecular flexibility index (Phi) is 19.9. The van der Waals surface area contributed by atoms with Crippen LogP contribution >= 0.6 is 0 Å². The molecular weight excluding hydrogens is 754 g/mol. The molecule has 0 aliphatic carbocycles. The number of aliphatic hydroxyl groups excluding tert-OH is 7. The van der Waals surface area contributed by atoms with Crippen molar-refractivity contribution in [1.82, 2.24) is 25.9 Å². The van der Waals surface area contributed by atoms with E-state index < -0.39 is 117 Å². The lowest BCUT2D eigenvalue weighted by Gasteiger charge is -2.39. The van der Waals surface area contributed by atoms with Crippen LogP contribution in [0.2, 0.25) is 0 Å². The van der Waals surface area contributed by atoms with Crippen LogP contribution in [0.5, 0.6) is 0 Å². The Morgan fingerprint density at radius 2 is 1.20 bits per heavy atom. The summed E-state index contributed by atoms with van der Waals surface area (Å²) in [6.07, 6.45) is -12.0. The third kappa shape index (κ3) is 14.8. The van der Waals surface area contributed by atoms with E-state index in [9.17, 15) is 64.5 Å². The normalized spacial score (nSPS) is 29.6. The maximum atomic E-state index is 12.8. The predicted octanol–water partition coefficient (Wildman–Crippen LogP) is -6.14. The monoisotopic (exact) mass is 809 g/mol. The zero-order chi connectivity index (χ0) is 41.4. The molecule has 23 heteroatoms. The van der Waals surface area contributed by atoms with Gasteiger partial charge >= 0.3 is 5.97 Å². The summed E-state index contributed by atoms with van der Waals surface area (Å²) in [6.45, 7) is -0.816. The number of carbonyl (C=O) groups is 6. The number of hydrogen-bond acceptors (Lipinski definition) is 19. The molecular formula is C33H55N5O18. The fraction of sp³-hybridized carbons (Fsp3) is 0.818. The maximum absolute atomic E-state index is 12.8. The Balaban J connectivity index is 1.42. The Labute approximate surface area is 322 Å². The van der Waals surface area contributed by atoms with E-state index in [1.807, 2.05) is 0 Å². The Morgan fingerprint density at radius 1 is 0.696 bits per heavy atom. The van der Waals surface area contributed by atoms with Crippen LogP contribution in [0, 0.1) is 0 Å². The number of aliphatic hydroxyl groups is 7. The molecule has 3 aliphatic rings. The van der Waals surface area contributed by atoms with Crippen LogP contribution in [0.25, 0.3) is 0 Å². The second-order valence-corrected chi connectivity index (χ2v) is 13.5. The van der Waals surface area contributed by atoms with Gasteiger partial charge in [-0.25, -0.2) is 4.79 Å². The number of rotatable bonds is 22. The van der Waals surface area contributed by atoms with Gasteiger partial charge in [0.25, 0.3) is 11.8 Å². The van der Waals surface area contributed by atoms with Crippen LogP contribution < -0.4 is 16.0 Å². The summed E-state index contributed by atoms with van der Waals surface area (Å²) in [4.78, 5) is 80.1. The number of unbranched alkanes of at least 4 members (excludes halogenated alkanes) is 2. The van der Waals surface area contributed by atoms with Gasteiger partial charge in [-0.15, -0.1) is 5.06 Å². The topological polar surface area (TPSA) is 333 Å². The number of hydroxylamine groups is 2. The van der Waals surface area contributed by atoms with Gasteiger partial charge in [-0.05, 0) is 26.2 Å². The van der Waals surface area contributed by atoms with Crippen LogP contribution in [-0.2, 0) is 52.6 Å². The largest absolute Gasteiger partial charge is 0.394 e. The second-order valence-electron chi connectivity index (χ2n) is 13.5. The van der Waals surface area contributed by atoms with Gasteiger partial charge in [0.1, 0.15) is 42.7 Å². The summed E-state index contributed by atoms with van der Waals surface area (Å²) in [7, 11) is 0. The maximum Gasteiger partial charge on any atom is 0.333 e. The molecule has 0 bridgehead atoms. The fourth-order valence-electron chi connectivity index (χ4n) is 5.81. The van der Waals surface area contributed by atoms with Gasteiger partial charge in [0.05, 0.1) is 45.6 Å². The highest BCUT2D eigenvalue weighted by Crippen LogP contribution is 2.23. The SMILES string of the molecule is C[C@@H]1O[C@@H](OCCNC(=O)CN(CC(=O)NCCCCCC(=O)ON2C(=O)CCCC2=O)CC(=O)NCCO[C@@H]2O[C@H](CO)[C@@H](O)[C@H](O)[C@@H]2O)[C@@H](O)[C@H](O)[C@@H]1O. The molecule has 3 saturated heterocycles. The van der Waals surface area contributed by atoms with Gasteiger partial charge in [-0.2, -0.15) is 0 Å². The summed E-state index contributed by atoms with van der Waals surface area (Å²) in [5.74, 6) is -3.62. The van der Waals surface area contributed by atoms with E-state index in [0.29, 0.717) is 30.7 Å². The van der Waals surface area contributed by atoms with Crippen LogP contribution in [0.4, 0.5) is 0 Å². The van der Waals surface area contributed by atoms with Crippen molar-refractivity contribution in [3.05, 3.63) is 0 Å². The summed E-state index contributed by atoms with van der Waals surface area (Å²) in [5, 5.41) is 77.3. The van der Waals surface area contributed by atoms with Crippen molar-refractivity contribution in [2.45, 2.75) is 113 Å². The molecule has 0 aromatic carbocycles. The highest BCUT2D eigenvalue weighted by Gasteiger charge is 2.44. The molecule has 3 fully saturated rings. The Hall–Kier alpha value is -3.46. The van der Waals surface area contributed by atoms with E-state index in [0.717, 1.165) is 0 Å². The third-order valence-corrected chi connectivity index (χ3v) is 8.98. The molecule has 0 spiro atoms. The van der Waals surface area contributed by atoms with Crippen molar-refractivity contribution < 1.29 is 88.3 Å². The first-order valence-electron chi connectivity index (χ1n) is 18.4. The molecule has 56 heavy (non-hydrogen) atoms. The number of piperidine rings is 1. The van der Waals surface area contributed by atoms with Gasteiger partial charge in [0, 0.05) is 38.9 Å². The average Bonchev–Trinajstić information content (AvgIpc) is 3.15. The van der Waals surface area contributed by atoms with E-state index >= 15 is 0 Å². The summed E-state index contributed by atoms with van der Waals surface area (Å²) in [5.41, 5.74) is 0. The molecule has 0 aromatic rings. The van der Waals surface area contributed by atoms with E-state index in [2.05, 4.69) is 16.0 Å². The van der Waals surface area contributed by atoms with Crippen molar-refractivity contribution in [2.75, 3.05) is 59.1 Å². The predicted molar refractivity (Wildman–Crippen MR) is 184 cm³/mol. The number of hydrogen-bond donors (Lipinski definition) is 10. The van der Waals surface area contributed by atoms with Gasteiger partial charge in [0.2, 0.25) is 17.7 Å². The molecule has 5 amide bonds. The van der Waals surface area contributed by atoms with E-state index in [1.165, 1.54) is 11.8 Å².